The zero-order valence-electron chi connectivity index (χ0n) is 12.1. The fourth-order valence-corrected chi connectivity index (χ4v) is 2.57. The molecule has 3 rings (SSSR count). The van der Waals surface area contributed by atoms with Gasteiger partial charge in [-0.15, -0.1) is 0 Å². The van der Waals surface area contributed by atoms with Gasteiger partial charge in [-0.2, -0.15) is 5.26 Å². The quantitative estimate of drug-likeness (QED) is 0.567. The van der Waals surface area contributed by atoms with Crippen molar-refractivity contribution in [2.45, 2.75) is 0 Å². The van der Waals surface area contributed by atoms with E-state index in [2.05, 4.69) is 22.0 Å². The highest BCUT2D eigenvalue weighted by Crippen LogP contribution is 2.22. The topological polar surface area (TPSA) is 28.7 Å². The molecular formula is C19H12BrFN2. The summed E-state index contributed by atoms with van der Waals surface area (Å²) in [5.74, 6) is -0.315. The van der Waals surface area contributed by atoms with Crippen molar-refractivity contribution in [3.63, 3.8) is 0 Å². The first-order valence-electron chi connectivity index (χ1n) is 6.98. The summed E-state index contributed by atoms with van der Waals surface area (Å²) in [6, 6.07) is 19.9. The molecule has 3 aromatic rings. The lowest BCUT2D eigenvalue weighted by molar-refractivity contribution is 0.627. The van der Waals surface area contributed by atoms with Crippen LogP contribution in [-0.2, 0) is 0 Å². The number of benzene rings is 2. The van der Waals surface area contributed by atoms with Gasteiger partial charge in [0.15, 0.2) is 0 Å². The van der Waals surface area contributed by atoms with Crippen molar-refractivity contribution in [2.24, 2.45) is 0 Å². The number of nitrogens with zero attached hydrogens (tertiary/aromatic N) is 2. The van der Waals surface area contributed by atoms with E-state index in [0.717, 1.165) is 15.9 Å². The summed E-state index contributed by atoms with van der Waals surface area (Å²) in [7, 11) is 0. The molecule has 4 heteroatoms. The number of hydrogen-bond acceptors (Lipinski definition) is 1. The third-order valence-electron chi connectivity index (χ3n) is 3.45. The molecule has 2 aromatic carbocycles. The van der Waals surface area contributed by atoms with Crippen LogP contribution in [0.2, 0.25) is 0 Å². The van der Waals surface area contributed by atoms with Crippen LogP contribution in [0.5, 0.6) is 0 Å². The van der Waals surface area contributed by atoms with Crippen LogP contribution in [-0.4, -0.2) is 4.57 Å². The van der Waals surface area contributed by atoms with E-state index in [9.17, 15) is 9.65 Å². The monoisotopic (exact) mass is 366 g/mol. The Hall–Kier alpha value is -2.64. The summed E-state index contributed by atoms with van der Waals surface area (Å²) in [5, 5.41) is 9.42. The van der Waals surface area contributed by atoms with Crippen LogP contribution < -0.4 is 0 Å². The highest BCUT2D eigenvalue weighted by atomic mass is 79.9. The summed E-state index contributed by atoms with van der Waals surface area (Å²) in [4.78, 5) is 0. The molecule has 0 radical (unpaired) electrons. The molecule has 0 saturated carbocycles. The van der Waals surface area contributed by atoms with E-state index in [1.54, 1.807) is 18.2 Å². The molecule has 0 fully saturated rings. The number of nitriles is 1. The Morgan fingerprint density at radius 3 is 2.39 bits per heavy atom. The normalized spacial score (nSPS) is 11.3. The molecule has 0 aliphatic heterocycles. The highest BCUT2D eigenvalue weighted by molar-refractivity contribution is 9.10. The van der Waals surface area contributed by atoms with Crippen molar-refractivity contribution in [1.29, 1.82) is 5.26 Å². The molecule has 0 aliphatic rings. The zero-order valence-corrected chi connectivity index (χ0v) is 13.7. The van der Waals surface area contributed by atoms with Crippen molar-refractivity contribution in [1.82, 2.24) is 4.57 Å². The lowest BCUT2D eigenvalue weighted by Crippen LogP contribution is -1.95. The van der Waals surface area contributed by atoms with E-state index in [4.69, 9.17) is 0 Å². The second-order valence-corrected chi connectivity index (χ2v) is 5.87. The molecule has 0 amide bonds. The molecule has 0 N–H and O–H groups in total. The lowest BCUT2D eigenvalue weighted by atomic mass is 10.1. The van der Waals surface area contributed by atoms with Crippen LogP contribution in [0.1, 0.15) is 11.3 Å². The molecule has 0 bridgehead atoms. The van der Waals surface area contributed by atoms with Crippen LogP contribution in [0.3, 0.4) is 0 Å². The van der Waals surface area contributed by atoms with Gasteiger partial charge in [0.25, 0.3) is 0 Å². The Kier molecular flexibility index (Phi) is 4.40. The van der Waals surface area contributed by atoms with E-state index in [-0.39, 0.29) is 5.82 Å². The van der Waals surface area contributed by atoms with Gasteiger partial charge in [0.1, 0.15) is 5.82 Å². The molecule has 0 saturated heterocycles. The number of rotatable bonds is 3. The van der Waals surface area contributed by atoms with Crippen molar-refractivity contribution >= 4 is 27.6 Å². The van der Waals surface area contributed by atoms with Crippen molar-refractivity contribution < 1.29 is 4.39 Å². The highest BCUT2D eigenvalue weighted by Gasteiger charge is 2.05. The zero-order chi connectivity index (χ0) is 16.2. The van der Waals surface area contributed by atoms with E-state index in [1.165, 1.54) is 12.1 Å². The van der Waals surface area contributed by atoms with Gasteiger partial charge < -0.3 is 4.57 Å². The minimum absolute atomic E-state index is 0.315. The molecule has 0 aliphatic carbocycles. The largest absolute Gasteiger partial charge is 0.317 e. The number of allylic oxidation sites excluding steroid dienone is 1. The van der Waals surface area contributed by atoms with Crippen molar-refractivity contribution in [3.8, 4) is 11.8 Å². The van der Waals surface area contributed by atoms with Crippen LogP contribution in [0, 0.1) is 17.1 Å². The van der Waals surface area contributed by atoms with Crippen molar-refractivity contribution in [3.05, 3.63) is 88.4 Å². The first-order chi connectivity index (χ1) is 11.2. The summed E-state index contributed by atoms with van der Waals surface area (Å²) in [5.41, 5.74) is 3.06. The van der Waals surface area contributed by atoms with Gasteiger partial charge in [0.2, 0.25) is 0 Å². The van der Waals surface area contributed by atoms with Crippen LogP contribution in [0.15, 0.2) is 71.3 Å². The van der Waals surface area contributed by atoms with E-state index in [0.29, 0.717) is 11.1 Å². The smallest absolute Gasteiger partial charge is 0.123 e. The molecular weight excluding hydrogens is 355 g/mol. The fourth-order valence-electron chi connectivity index (χ4n) is 2.31. The second-order valence-electron chi connectivity index (χ2n) is 4.96. The number of halogens is 2. The fraction of sp³-hybridized carbons (Fsp3) is 0. The molecule has 0 unspecified atom stereocenters. The summed E-state index contributed by atoms with van der Waals surface area (Å²) in [6.45, 7) is 0. The van der Waals surface area contributed by atoms with E-state index < -0.39 is 0 Å². The molecule has 23 heavy (non-hydrogen) atoms. The van der Waals surface area contributed by atoms with Crippen LogP contribution in [0.4, 0.5) is 4.39 Å². The van der Waals surface area contributed by atoms with Crippen LogP contribution in [0.25, 0.3) is 17.3 Å². The first-order valence-corrected chi connectivity index (χ1v) is 7.78. The molecule has 112 valence electrons. The van der Waals surface area contributed by atoms with Gasteiger partial charge in [-0.05, 0) is 60.2 Å². The van der Waals surface area contributed by atoms with Gasteiger partial charge in [-0.1, -0.05) is 28.1 Å². The Labute approximate surface area is 142 Å². The Morgan fingerprint density at radius 1 is 1.04 bits per heavy atom. The lowest BCUT2D eigenvalue weighted by Gasteiger charge is -2.07. The van der Waals surface area contributed by atoms with Gasteiger partial charge >= 0.3 is 0 Å². The maximum atomic E-state index is 13.0. The molecule has 2 nitrogen and oxygen atoms in total. The minimum atomic E-state index is -0.315. The van der Waals surface area contributed by atoms with E-state index in [1.807, 2.05) is 47.2 Å². The molecule has 1 aromatic heterocycles. The third kappa shape index (κ3) is 3.41. The minimum Gasteiger partial charge on any atom is -0.317 e. The average molecular weight is 367 g/mol. The molecule has 0 spiro atoms. The Morgan fingerprint density at radius 2 is 1.74 bits per heavy atom. The number of aromatic nitrogens is 1. The standard InChI is InChI=1S/C19H12BrFN2/c20-16-5-9-18(10-6-16)23-11-1-2-19(23)12-15(13-22)14-3-7-17(21)8-4-14/h1-12H/b15-12+. The van der Waals surface area contributed by atoms with Crippen molar-refractivity contribution in [2.75, 3.05) is 0 Å². The Balaban J connectivity index is 2.02. The Bertz CT molecular complexity index is 884. The van der Waals surface area contributed by atoms with Gasteiger partial charge in [-0.3, -0.25) is 0 Å². The molecule has 0 atom stereocenters. The van der Waals surface area contributed by atoms with E-state index >= 15 is 0 Å². The predicted octanol–water partition coefficient (Wildman–Crippen LogP) is 5.44. The SMILES string of the molecule is N#C/C(=C\c1cccn1-c1ccc(Br)cc1)c1ccc(F)cc1. The summed E-state index contributed by atoms with van der Waals surface area (Å²) in [6.07, 6.45) is 3.74. The average Bonchev–Trinajstić information content (AvgIpc) is 3.02. The maximum absolute atomic E-state index is 13.0. The van der Waals surface area contributed by atoms with Gasteiger partial charge in [-0.25, -0.2) is 4.39 Å². The molecule has 1 heterocycles. The maximum Gasteiger partial charge on any atom is 0.123 e. The van der Waals surface area contributed by atoms with Crippen LogP contribution >= 0.6 is 15.9 Å². The summed E-state index contributed by atoms with van der Waals surface area (Å²) < 4.78 is 16.0. The predicted molar refractivity (Wildman–Crippen MR) is 93.4 cm³/mol. The summed E-state index contributed by atoms with van der Waals surface area (Å²) >= 11 is 3.42. The number of hydrogen-bond donors (Lipinski definition) is 0. The third-order valence-corrected chi connectivity index (χ3v) is 3.98. The van der Waals surface area contributed by atoms with Gasteiger partial charge in [0.05, 0.1) is 11.6 Å². The second kappa shape index (κ2) is 6.64. The van der Waals surface area contributed by atoms with Gasteiger partial charge in [0, 0.05) is 22.1 Å². The first kappa shape index (κ1) is 15.3.